The summed E-state index contributed by atoms with van der Waals surface area (Å²) in [4.78, 5) is 16.7. The Morgan fingerprint density at radius 3 is 2.92 bits per heavy atom. The summed E-state index contributed by atoms with van der Waals surface area (Å²) in [5.41, 5.74) is 3.13. The van der Waals surface area contributed by atoms with Crippen LogP contribution in [0.25, 0.3) is 22.1 Å². The normalized spacial score (nSPS) is 15.5. The van der Waals surface area contributed by atoms with E-state index < -0.39 is 0 Å². The maximum atomic E-state index is 12.3. The zero-order chi connectivity index (χ0) is 16.5. The third-order valence-corrected chi connectivity index (χ3v) is 4.85. The number of fused-ring (bicyclic) bond motifs is 3. The average molecular weight is 324 g/mol. The monoisotopic (exact) mass is 324 g/mol. The molecule has 3 aromatic rings. The minimum absolute atomic E-state index is 0.0793. The van der Waals surface area contributed by atoms with E-state index in [4.69, 9.17) is 4.74 Å². The molecular weight excluding hydrogens is 304 g/mol. The molecule has 0 radical (unpaired) electrons. The van der Waals surface area contributed by atoms with Crippen LogP contribution < -0.4 is 0 Å². The second kappa shape index (κ2) is 6.28. The summed E-state index contributed by atoms with van der Waals surface area (Å²) in [6.07, 6.45) is 7.09. The molecule has 1 saturated carbocycles. The molecule has 0 spiro atoms. The molecule has 0 bridgehead atoms. The fourth-order valence-corrected chi connectivity index (χ4v) is 3.57. The highest BCUT2D eigenvalue weighted by Gasteiger charge is 2.21. The summed E-state index contributed by atoms with van der Waals surface area (Å²) >= 11 is 0. The van der Waals surface area contributed by atoms with Crippen LogP contribution in [0, 0.1) is 0 Å². The van der Waals surface area contributed by atoms with Gasteiger partial charge in [0.2, 0.25) is 5.65 Å². The number of methoxy groups -OCH3 is 1. The number of hydrogen-bond donors (Lipinski definition) is 0. The molecule has 0 atom stereocenters. The Morgan fingerprint density at radius 1 is 1.29 bits per heavy atom. The van der Waals surface area contributed by atoms with Crippen molar-refractivity contribution in [2.24, 2.45) is 0 Å². The summed E-state index contributed by atoms with van der Waals surface area (Å²) in [6, 6.07) is 6.08. The van der Waals surface area contributed by atoms with E-state index >= 15 is 0 Å². The minimum atomic E-state index is 0.0793. The highest BCUT2D eigenvalue weighted by atomic mass is 16.5. The Bertz CT molecular complexity index is 897. The topological polar surface area (TPSA) is 69.9 Å². The van der Waals surface area contributed by atoms with Crippen LogP contribution in [0.1, 0.15) is 48.5 Å². The molecule has 124 valence electrons. The van der Waals surface area contributed by atoms with Crippen LogP contribution in [0.4, 0.5) is 0 Å². The van der Waals surface area contributed by atoms with Crippen LogP contribution in [0.5, 0.6) is 0 Å². The molecule has 6 heteroatoms. The minimum Gasteiger partial charge on any atom is -0.384 e. The van der Waals surface area contributed by atoms with E-state index in [0.29, 0.717) is 30.3 Å². The van der Waals surface area contributed by atoms with Crippen LogP contribution in [0.2, 0.25) is 0 Å². The zero-order valence-corrected chi connectivity index (χ0v) is 13.7. The SMILES string of the molecule is COCCC(=O)c1ccc2nnc3ncn(C4CCCC4)c3c2c1. The number of imidazole rings is 1. The van der Waals surface area contributed by atoms with Gasteiger partial charge in [-0.15, -0.1) is 10.2 Å². The number of carbonyl (C=O) groups is 1. The molecule has 0 unspecified atom stereocenters. The van der Waals surface area contributed by atoms with Gasteiger partial charge in [0.1, 0.15) is 0 Å². The summed E-state index contributed by atoms with van der Waals surface area (Å²) in [5, 5.41) is 9.44. The Labute approximate surface area is 139 Å². The van der Waals surface area contributed by atoms with E-state index in [2.05, 4.69) is 19.7 Å². The number of ether oxygens (including phenoxy) is 1. The molecule has 2 aromatic heterocycles. The Morgan fingerprint density at radius 2 is 2.12 bits per heavy atom. The van der Waals surface area contributed by atoms with Gasteiger partial charge in [0.05, 0.1) is 24.0 Å². The Kier molecular flexibility index (Phi) is 3.98. The highest BCUT2D eigenvalue weighted by Crippen LogP contribution is 2.33. The van der Waals surface area contributed by atoms with Gasteiger partial charge >= 0.3 is 0 Å². The molecular formula is C18H20N4O2. The first-order valence-electron chi connectivity index (χ1n) is 8.43. The molecule has 0 aliphatic heterocycles. The van der Waals surface area contributed by atoms with Gasteiger partial charge in [0.25, 0.3) is 0 Å². The summed E-state index contributed by atoms with van der Waals surface area (Å²) in [7, 11) is 1.60. The second-order valence-corrected chi connectivity index (χ2v) is 6.36. The standard InChI is InChI=1S/C18H20N4O2/c1-24-9-8-16(23)12-6-7-15-14(10-12)17-18(21-20-15)19-11-22(17)13-4-2-3-5-13/h6-7,10-11,13H,2-5,8-9H2,1H3. The van der Waals surface area contributed by atoms with Gasteiger partial charge in [-0.05, 0) is 31.0 Å². The van der Waals surface area contributed by atoms with Gasteiger partial charge in [0, 0.05) is 30.5 Å². The first kappa shape index (κ1) is 15.2. The summed E-state index contributed by atoms with van der Waals surface area (Å²) in [5.74, 6) is 0.0793. The quantitative estimate of drug-likeness (QED) is 0.673. The summed E-state index contributed by atoms with van der Waals surface area (Å²) in [6.45, 7) is 0.431. The van der Waals surface area contributed by atoms with Crippen LogP contribution >= 0.6 is 0 Å². The molecule has 6 nitrogen and oxygen atoms in total. The molecule has 24 heavy (non-hydrogen) atoms. The van der Waals surface area contributed by atoms with E-state index in [1.54, 1.807) is 7.11 Å². The number of ketones is 1. The average Bonchev–Trinajstić information content (AvgIpc) is 3.27. The van der Waals surface area contributed by atoms with Gasteiger partial charge in [-0.3, -0.25) is 4.79 Å². The molecule has 1 fully saturated rings. The molecule has 1 aliphatic rings. The number of Topliss-reactive ketones (excluding diaryl/α,β-unsaturated/α-hetero) is 1. The van der Waals surface area contributed by atoms with Gasteiger partial charge in [-0.2, -0.15) is 0 Å². The molecule has 0 amide bonds. The predicted molar refractivity (Wildman–Crippen MR) is 91.2 cm³/mol. The molecule has 0 N–H and O–H groups in total. The van der Waals surface area contributed by atoms with E-state index in [1.165, 1.54) is 25.7 Å². The van der Waals surface area contributed by atoms with Crippen molar-refractivity contribution in [1.82, 2.24) is 19.7 Å². The molecule has 1 aromatic carbocycles. The van der Waals surface area contributed by atoms with Crippen molar-refractivity contribution in [3.8, 4) is 0 Å². The van der Waals surface area contributed by atoms with Gasteiger partial charge < -0.3 is 9.30 Å². The van der Waals surface area contributed by atoms with Crippen molar-refractivity contribution in [2.45, 2.75) is 38.1 Å². The van der Waals surface area contributed by atoms with Crippen LogP contribution in [-0.4, -0.2) is 39.2 Å². The maximum Gasteiger partial charge on any atom is 0.200 e. The van der Waals surface area contributed by atoms with Gasteiger partial charge in [0.15, 0.2) is 5.78 Å². The fraction of sp³-hybridized carbons (Fsp3) is 0.444. The maximum absolute atomic E-state index is 12.3. The third kappa shape index (κ3) is 2.57. The fourth-order valence-electron chi connectivity index (χ4n) is 3.57. The Hall–Kier alpha value is -2.34. The third-order valence-electron chi connectivity index (χ3n) is 4.85. The van der Waals surface area contributed by atoms with Crippen molar-refractivity contribution in [2.75, 3.05) is 13.7 Å². The first-order valence-corrected chi connectivity index (χ1v) is 8.43. The molecule has 4 rings (SSSR count). The number of carbonyl (C=O) groups excluding carboxylic acids is 1. The van der Waals surface area contributed by atoms with E-state index in [-0.39, 0.29) is 5.78 Å². The Balaban J connectivity index is 1.85. The highest BCUT2D eigenvalue weighted by molar-refractivity contribution is 6.05. The van der Waals surface area contributed by atoms with Crippen molar-refractivity contribution in [3.05, 3.63) is 30.1 Å². The number of benzene rings is 1. The van der Waals surface area contributed by atoms with Crippen molar-refractivity contribution in [3.63, 3.8) is 0 Å². The van der Waals surface area contributed by atoms with Crippen molar-refractivity contribution >= 4 is 27.9 Å². The smallest absolute Gasteiger partial charge is 0.200 e. The van der Waals surface area contributed by atoms with Crippen LogP contribution in [-0.2, 0) is 4.74 Å². The lowest BCUT2D eigenvalue weighted by atomic mass is 10.1. The van der Waals surface area contributed by atoms with Crippen LogP contribution in [0.3, 0.4) is 0 Å². The lowest BCUT2D eigenvalue weighted by molar-refractivity contribution is 0.0932. The van der Waals surface area contributed by atoms with E-state index in [9.17, 15) is 4.79 Å². The van der Waals surface area contributed by atoms with Crippen molar-refractivity contribution in [1.29, 1.82) is 0 Å². The number of hydrogen-bond acceptors (Lipinski definition) is 5. The number of aromatic nitrogens is 4. The summed E-state index contributed by atoms with van der Waals surface area (Å²) < 4.78 is 7.23. The van der Waals surface area contributed by atoms with Crippen molar-refractivity contribution < 1.29 is 9.53 Å². The molecule has 0 saturated heterocycles. The predicted octanol–water partition coefficient (Wildman–Crippen LogP) is 3.31. The lowest BCUT2D eigenvalue weighted by Crippen LogP contribution is -2.05. The second-order valence-electron chi connectivity index (χ2n) is 6.36. The molecule has 1 aliphatic carbocycles. The van der Waals surface area contributed by atoms with Crippen LogP contribution in [0.15, 0.2) is 24.5 Å². The van der Waals surface area contributed by atoms with Gasteiger partial charge in [-0.1, -0.05) is 12.8 Å². The molecule has 2 heterocycles. The van der Waals surface area contributed by atoms with E-state index in [1.807, 2.05) is 24.5 Å². The first-order chi connectivity index (χ1) is 11.8. The number of nitrogens with zero attached hydrogens (tertiary/aromatic N) is 4. The van der Waals surface area contributed by atoms with E-state index in [0.717, 1.165) is 16.4 Å². The zero-order valence-electron chi connectivity index (χ0n) is 13.7. The lowest BCUT2D eigenvalue weighted by Gasteiger charge is -2.13. The largest absolute Gasteiger partial charge is 0.384 e. The number of rotatable bonds is 5. The van der Waals surface area contributed by atoms with Gasteiger partial charge in [-0.25, -0.2) is 4.98 Å².